The van der Waals surface area contributed by atoms with Gasteiger partial charge in [0.05, 0.1) is 5.69 Å². The molecule has 0 fully saturated rings. The second-order valence-electron chi connectivity index (χ2n) is 5.28. The summed E-state index contributed by atoms with van der Waals surface area (Å²) < 4.78 is 0. The predicted octanol–water partition coefficient (Wildman–Crippen LogP) is 5.27. The number of hydrogen-bond donors (Lipinski definition) is 0. The third kappa shape index (κ3) is 3.76. The van der Waals surface area contributed by atoms with Crippen molar-refractivity contribution in [1.82, 2.24) is 9.97 Å². The second kappa shape index (κ2) is 7.48. The Morgan fingerprint density at radius 3 is 2.58 bits per heavy atom. The fraction of sp³-hybridized carbons (Fsp3) is 0.105. The van der Waals surface area contributed by atoms with Gasteiger partial charge >= 0.3 is 0 Å². The third-order valence-corrected chi connectivity index (χ3v) is 4.65. The number of aryl methyl sites for hydroxylation is 1. The molecule has 0 saturated carbocycles. The Bertz CT molecular complexity index is 904. The van der Waals surface area contributed by atoms with Gasteiger partial charge in [0.25, 0.3) is 0 Å². The van der Waals surface area contributed by atoms with Crippen LogP contribution >= 0.6 is 23.4 Å². The van der Waals surface area contributed by atoms with Crippen molar-refractivity contribution >= 4 is 23.4 Å². The number of thioether (sulfide) groups is 1. The molecule has 0 atom stereocenters. The lowest BCUT2D eigenvalue weighted by atomic mass is 10.1. The Kier molecular flexibility index (Phi) is 5.14. The molecule has 1 heterocycles. The average Bonchev–Trinajstić information content (AvgIpc) is 2.60. The fourth-order valence-corrected chi connectivity index (χ4v) is 3.38. The van der Waals surface area contributed by atoms with Gasteiger partial charge in [-0.25, -0.2) is 9.97 Å². The van der Waals surface area contributed by atoms with Crippen LogP contribution in [0.2, 0.25) is 5.15 Å². The van der Waals surface area contributed by atoms with Gasteiger partial charge in [-0.15, -0.1) is 0 Å². The van der Waals surface area contributed by atoms with E-state index in [9.17, 15) is 5.26 Å². The molecule has 0 aliphatic rings. The van der Waals surface area contributed by atoms with Crippen molar-refractivity contribution in [1.29, 1.82) is 5.26 Å². The second-order valence-corrected chi connectivity index (χ2v) is 6.58. The maximum absolute atomic E-state index is 9.37. The highest BCUT2D eigenvalue weighted by atomic mass is 35.5. The minimum Gasteiger partial charge on any atom is -0.221 e. The summed E-state index contributed by atoms with van der Waals surface area (Å²) in [6.07, 6.45) is 0. The normalized spacial score (nSPS) is 10.4. The van der Waals surface area contributed by atoms with E-state index in [4.69, 9.17) is 11.6 Å². The Morgan fingerprint density at radius 1 is 1.08 bits per heavy atom. The van der Waals surface area contributed by atoms with Crippen LogP contribution in [0.25, 0.3) is 11.3 Å². The van der Waals surface area contributed by atoms with Crippen LogP contribution in [0.1, 0.15) is 16.7 Å². The molecule has 0 saturated heterocycles. The molecule has 24 heavy (non-hydrogen) atoms. The number of nitriles is 1. The first kappa shape index (κ1) is 16.5. The monoisotopic (exact) mass is 351 g/mol. The van der Waals surface area contributed by atoms with Crippen molar-refractivity contribution in [2.24, 2.45) is 0 Å². The van der Waals surface area contributed by atoms with Crippen molar-refractivity contribution in [2.45, 2.75) is 17.8 Å². The third-order valence-electron chi connectivity index (χ3n) is 3.45. The molecule has 0 radical (unpaired) electrons. The molecule has 0 aliphatic carbocycles. The molecule has 3 nitrogen and oxygen atoms in total. The van der Waals surface area contributed by atoms with E-state index in [1.165, 1.54) is 22.9 Å². The zero-order chi connectivity index (χ0) is 16.9. The number of nitrogens with zero attached hydrogens (tertiary/aromatic N) is 3. The van der Waals surface area contributed by atoms with Gasteiger partial charge in [-0.1, -0.05) is 83.5 Å². The van der Waals surface area contributed by atoms with Crippen molar-refractivity contribution in [2.75, 3.05) is 0 Å². The van der Waals surface area contributed by atoms with Gasteiger partial charge in [0.15, 0.2) is 10.3 Å². The van der Waals surface area contributed by atoms with Gasteiger partial charge in [-0.2, -0.15) is 5.26 Å². The molecule has 0 bridgehead atoms. The first-order valence-electron chi connectivity index (χ1n) is 7.39. The Balaban J connectivity index is 1.92. The number of halogens is 1. The summed E-state index contributed by atoms with van der Waals surface area (Å²) in [6.45, 7) is 2.07. The van der Waals surface area contributed by atoms with Gasteiger partial charge in [-0.3, -0.25) is 0 Å². The smallest absolute Gasteiger partial charge is 0.189 e. The highest BCUT2D eigenvalue weighted by Gasteiger charge is 2.15. The molecule has 0 aliphatic heterocycles. The van der Waals surface area contributed by atoms with Crippen molar-refractivity contribution < 1.29 is 0 Å². The van der Waals surface area contributed by atoms with Crippen LogP contribution in [0.3, 0.4) is 0 Å². The van der Waals surface area contributed by atoms with Crippen molar-refractivity contribution in [3.05, 3.63) is 76.4 Å². The molecule has 1 aromatic heterocycles. The van der Waals surface area contributed by atoms with E-state index < -0.39 is 0 Å². The molecule has 3 rings (SSSR count). The molecule has 0 amide bonds. The van der Waals surface area contributed by atoms with Crippen LogP contribution in [0.4, 0.5) is 0 Å². The van der Waals surface area contributed by atoms with Crippen LogP contribution in [0.15, 0.2) is 59.8 Å². The summed E-state index contributed by atoms with van der Waals surface area (Å²) in [6, 6.07) is 20.0. The molecule has 0 unspecified atom stereocenters. The van der Waals surface area contributed by atoms with Crippen LogP contribution in [-0.2, 0) is 5.75 Å². The topological polar surface area (TPSA) is 49.6 Å². The highest BCUT2D eigenvalue weighted by molar-refractivity contribution is 7.98. The van der Waals surface area contributed by atoms with Gasteiger partial charge in [-0.05, 0) is 12.5 Å². The number of benzene rings is 2. The van der Waals surface area contributed by atoms with Crippen LogP contribution in [-0.4, -0.2) is 9.97 Å². The highest BCUT2D eigenvalue weighted by Crippen LogP contribution is 2.29. The molecule has 2 aromatic carbocycles. The zero-order valence-corrected chi connectivity index (χ0v) is 14.6. The van der Waals surface area contributed by atoms with E-state index in [1.807, 2.05) is 36.4 Å². The van der Waals surface area contributed by atoms with E-state index in [0.29, 0.717) is 16.4 Å². The molecular formula is C19H14ClN3S. The molecule has 5 heteroatoms. The zero-order valence-electron chi connectivity index (χ0n) is 13.0. The minimum atomic E-state index is 0.193. The molecule has 0 N–H and O–H groups in total. The largest absolute Gasteiger partial charge is 0.221 e. The Morgan fingerprint density at radius 2 is 1.88 bits per heavy atom. The summed E-state index contributed by atoms with van der Waals surface area (Å²) in [5.41, 5.74) is 4.16. The maximum atomic E-state index is 9.37. The molecule has 3 aromatic rings. The fourth-order valence-electron chi connectivity index (χ4n) is 2.33. The van der Waals surface area contributed by atoms with Crippen LogP contribution in [0.5, 0.6) is 0 Å². The average molecular weight is 352 g/mol. The first-order chi connectivity index (χ1) is 11.7. The van der Waals surface area contributed by atoms with Gasteiger partial charge in [0.1, 0.15) is 11.6 Å². The van der Waals surface area contributed by atoms with Crippen LogP contribution < -0.4 is 0 Å². The van der Waals surface area contributed by atoms with Crippen molar-refractivity contribution in [3.8, 4) is 17.3 Å². The van der Waals surface area contributed by atoms with E-state index in [-0.39, 0.29) is 5.15 Å². The van der Waals surface area contributed by atoms with E-state index in [0.717, 1.165) is 11.3 Å². The summed E-state index contributed by atoms with van der Waals surface area (Å²) in [4.78, 5) is 8.82. The van der Waals surface area contributed by atoms with Gasteiger partial charge < -0.3 is 0 Å². The molecular weight excluding hydrogens is 338 g/mol. The SMILES string of the molecule is Cc1cccc(CSc2nc(Cl)c(C#N)c(-c3ccccc3)n2)c1. The summed E-state index contributed by atoms with van der Waals surface area (Å²) in [5.74, 6) is 0.748. The van der Waals surface area contributed by atoms with Gasteiger partial charge in [0.2, 0.25) is 0 Å². The van der Waals surface area contributed by atoms with E-state index in [2.05, 4.69) is 41.2 Å². The Hall–Kier alpha value is -2.35. The standard InChI is InChI=1S/C19H14ClN3S/c1-13-6-5-7-14(10-13)12-24-19-22-17(15-8-3-2-4-9-15)16(11-21)18(20)23-19/h2-10H,12H2,1H3. The van der Waals surface area contributed by atoms with E-state index >= 15 is 0 Å². The lowest BCUT2D eigenvalue weighted by Crippen LogP contribution is -1.97. The van der Waals surface area contributed by atoms with E-state index in [1.54, 1.807) is 0 Å². The first-order valence-corrected chi connectivity index (χ1v) is 8.75. The lowest BCUT2D eigenvalue weighted by molar-refractivity contribution is 0.966. The number of rotatable bonds is 4. The lowest BCUT2D eigenvalue weighted by Gasteiger charge is -2.08. The maximum Gasteiger partial charge on any atom is 0.189 e. The summed E-state index contributed by atoms with van der Waals surface area (Å²) >= 11 is 7.71. The summed E-state index contributed by atoms with van der Waals surface area (Å²) in [7, 11) is 0. The number of aromatic nitrogens is 2. The Labute approximate surface area is 150 Å². The predicted molar refractivity (Wildman–Crippen MR) is 97.9 cm³/mol. The van der Waals surface area contributed by atoms with Gasteiger partial charge in [0, 0.05) is 11.3 Å². The summed E-state index contributed by atoms with van der Waals surface area (Å²) in [5, 5.41) is 10.1. The molecule has 0 spiro atoms. The number of hydrogen-bond acceptors (Lipinski definition) is 4. The quantitative estimate of drug-likeness (QED) is 0.365. The van der Waals surface area contributed by atoms with Crippen molar-refractivity contribution in [3.63, 3.8) is 0 Å². The molecule has 118 valence electrons. The minimum absolute atomic E-state index is 0.193. The van der Waals surface area contributed by atoms with Crippen LogP contribution in [0, 0.1) is 18.3 Å².